The molecule has 0 saturated heterocycles. The number of aryl methyl sites for hydroxylation is 1. The third kappa shape index (κ3) is 2.71. The number of aliphatic hydroxyl groups excluding tert-OH is 1. The molecule has 84 valence electrons. The van der Waals surface area contributed by atoms with Crippen LogP contribution in [0.4, 0.5) is 0 Å². The summed E-state index contributed by atoms with van der Waals surface area (Å²) < 4.78 is 0. The van der Waals surface area contributed by atoms with Crippen LogP contribution in [0.1, 0.15) is 29.7 Å². The highest BCUT2D eigenvalue weighted by Gasteiger charge is 2.08. The van der Waals surface area contributed by atoms with Crippen LogP contribution in [0.5, 0.6) is 0 Å². The summed E-state index contributed by atoms with van der Waals surface area (Å²) in [7, 11) is 0. The first-order chi connectivity index (χ1) is 7.79. The van der Waals surface area contributed by atoms with Gasteiger partial charge in [-0.15, -0.1) is 0 Å². The molecule has 0 bridgehead atoms. The number of benzene rings is 1. The van der Waals surface area contributed by atoms with Gasteiger partial charge in [0.2, 0.25) is 0 Å². The van der Waals surface area contributed by atoms with E-state index in [1.165, 1.54) is 11.1 Å². The van der Waals surface area contributed by atoms with Crippen LogP contribution in [0.2, 0.25) is 0 Å². The smallest absolute Gasteiger partial charge is 0.0838 e. The van der Waals surface area contributed by atoms with Crippen molar-refractivity contribution in [2.24, 2.45) is 0 Å². The van der Waals surface area contributed by atoms with Crippen LogP contribution in [0.25, 0.3) is 0 Å². The molecule has 1 nitrogen and oxygen atoms in total. The zero-order valence-electron chi connectivity index (χ0n) is 9.39. The second-order valence-electron chi connectivity index (χ2n) is 3.95. The molecule has 0 amide bonds. The van der Waals surface area contributed by atoms with Crippen LogP contribution < -0.4 is 0 Å². The summed E-state index contributed by atoms with van der Waals surface area (Å²) in [6.45, 7) is 2.15. The molecule has 1 heterocycles. The lowest BCUT2D eigenvalue weighted by molar-refractivity contribution is 0.179. The number of rotatable bonds is 4. The van der Waals surface area contributed by atoms with E-state index in [0.717, 1.165) is 12.0 Å². The molecule has 0 saturated carbocycles. The van der Waals surface area contributed by atoms with Gasteiger partial charge in [-0.2, -0.15) is 11.3 Å². The summed E-state index contributed by atoms with van der Waals surface area (Å²) in [4.78, 5) is 0. The normalized spacial score (nSPS) is 12.6. The molecule has 0 radical (unpaired) electrons. The van der Waals surface area contributed by atoms with Crippen LogP contribution in [0, 0.1) is 0 Å². The largest absolute Gasteiger partial charge is 0.388 e. The van der Waals surface area contributed by atoms with Crippen LogP contribution in [0.3, 0.4) is 0 Å². The lowest BCUT2D eigenvalue weighted by Gasteiger charge is -2.09. The van der Waals surface area contributed by atoms with Crippen LogP contribution >= 0.6 is 11.3 Å². The molecule has 1 N–H and O–H groups in total. The van der Waals surface area contributed by atoms with E-state index in [4.69, 9.17) is 0 Å². The number of hydrogen-bond donors (Lipinski definition) is 1. The van der Waals surface area contributed by atoms with Crippen molar-refractivity contribution in [3.8, 4) is 0 Å². The second kappa shape index (κ2) is 5.28. The molecule has 1 aromatic heterocycles. The molecule has 0 aliphatic carbocycles. The quantitative estimate of drug-likeness (QED) is 0.854. The molecular weight excluding hydrogens is 216 g/mol. The van der Waals surface area contributed by atoms with Crippen molar-refractivity contribution in [2.45, 2.75) is 25.9 Å². The monoisotopic (exact) mass is 232 g/mol. The molecule has 0 aliphatic rings. The zero-order chi connectivity index (χ0) is 11.4. The summed E-state index contributed by atoms with van der Waals surface area (Å²) in [5.41, 5.74) is 3.55. The Kier molecular flexibility index (Phi) is 3.75. The molecule has 1 unspecified atom stereocenters. The number of hydrogen-bond acceptors (Lipinski definition) is 2. The van der Waals surface area contributed by atoms with Crippen LogP contribution in [-0.2, 0) is 12.8 Å². The summed E-state index contributed by atoms with van der Waals surface area (Å²) in [5, 5.41) is 14.0. The molecule has 2 rings (SSSR count). The Bertz CT molecular complexity index is 417. The van der Waals surface area contributed by atoms with Crippen LogP contribution in [0.15, 0.2) is 41.1 Å². The summed E-state index contributed by atoms with van der Waals surface area (Å²) in [6, 6.07) is 10.5. The van der Waals surface area contributed by atoms with Gasteiger partial charge in [0.25, 0.3) is 0 Å². The Morgan fingerprint density at radius 1 is 1.12 bits per heavy atom. The molecule has 1 atom stereocenters. The average Bonchev–Trinajstić information content (AvgIpc) is 2.83. The maximum atomic E-state index is 10.00. The lowest BCUT2D eigenvalue weighted by Crippen LogP contribution is -2.00. The summed E-state index contributed by atoms with van der Waals surface area (Å²) in [6.07, 6.45) is 1.38. The molecular formula is C14H16OS. The van der Waals surface area contributed by atoms with Gasteiger partial charge in [0.1, 0.15) is 0 Å². The lowest BCUT2D eigenvalue weighted by atomic mass is 10.0. The van der Waals surface area contributed by atoms with E-state index in [9.17, 15) is 5.11 Å². The first kappa shape index (κ1) is 11.4. The fourth-order valence-electron chi connectivity index (χ4n) is 1.72. The van der Waals surface area contributed by atoms with Gasteiger partial charge < -0.3 is 5.11 Å². The molecule has 2 heteroatoms. The van der Waals surface area contributed by atoms with E-state index in [1.54, 1.807) is 11.3 Å². The number of thiophene rings is 1. The maximum Gasteiger partial charge on any atom is 0.0838 e. The molecule has 0 spiro atoms. The Morgan fingerprint density at radius 3 is 2.38 bits per heavy atom. The standard InChI is InChI=1S/C14H16OS/c1-2-11-3-5-12(6-4-11)9-14(15)13-7-8-16-10-13/h3-8,10,14-15H,2,9H2,1H3. The van der Waals surface area contributed by atoms with Crippen molar-refractivity contribution in [3.63, 3.8) is 0 Å². The molecule has 1 aromatic carbocycles. The van der Waals surface area contributed by atoms with Crippen molar-refractivity contribution < 1.29 is 5.11 Å². The summed E-state index contributed by atoms with van der Waals surface area (Å²) in [5.74, 6) is 0. The van der Waals surface area contributed by atoms with Crippen molar-refractivity contribution >= 4 is 11.3 Å². The van der Waals surface area contributed by atoms with Crippen molar-refractivity contribution in [2.75, 3.05) is 0 Å². The van der Waals surface area contributed by atoms with Crippen molar-refractivity contribution in [3.05, 3.63) is 57.8 Å². The van der Waals surface area contributed by atoms with Gasteiger partial charge >= 0.3 is 0 Å². The SMILES string of the molecule is CCc1ccc(CC(O)c2ccsc2)cc1. The second-order valence-corrected chi connectivity index (χ2v) is 4.73. The van der Waals surface area contributed by atoms with E-state index >= 15 is 0 Å². The van der Waals surface area contributed by atoms with Crippen molar-refractivity contribution in [1.82, 2.24) is 0 Å². The minimum atomic E-state index is -0.376. The highest BCUT2D eigenvalue weighted by atomic mass is 32.1. The van der Waals surface area contributed by atoms with Gasteiger partial charge in [0.15, 0.2) is 0 Å². The number of aliphatic hydroxyl groups is 1. The zero-order valence-corrected chi connectivity index (χ0v) is 10.2. The fraction of sp³-hybridized carbons (Fsp3) is 0.286. The molecule has 0 aliphatic heterocycles. The van der Waals surface area contributed by atoms with E-state index in [2.05, 4.69) is 31.2 Å². The van der Waals surface area contributed by atoms with Gasteiger partial charge in [-0.05, 0) is 39.9 Å². The Labute approximate surface area is 100 Å². The minimum absolute atomic E-state index is 0.376. The minimum Gasteiger partial charge on any atom is -0.388 e. The molecule has 16 heavy (non-hydrogen) atoms. The highest BCUT2D eigenvalue weighted by molar-refractivity contribution is 7.07. The molecule has 0 fully saturated rings. The predicted molar refractivity (Wildman–Crippen MR) is 68.8 cm³/mol. The maximum absolute atomic E-state index is 10.00. The molecule has 2 aromatic rings. The topological polar surface area (TPSA) is 20.2 Å². The first-order valence-electron chi connectivity index (χ1n) is 5.57. The van der Waals surface area contributed by atoms with Gasteiger partial charge in [0.05, 0.1) is 6.10 Å². The third-order valence-electron chi connectivity index (χ3n) is 2.79. The van der Waals surface area contributed by atoms with E-state index in [-0.39, 0.29) is 6.10 Å². The van der Waals surface area contributed by atoms with Gasteiger partial charge in [-0.1, -0.05) is 31.2 Å². The van der Waals surface area contributed by atoms with Crippen molar-refractivity contribution in [1.29, 1.82) is 0 Å². The predicted octanol–water partition coefficient (Wildman–Crippen LogP) is 3.59. The van der Waals surface area contributed by atoms with Crippen LogP contribution in [-0.4, -0.2) is 5.11 Å². The van der Waals surface area contributed by atoms with E-state index in [0.29, 0.717) is 6.42 Å². The highest BCUT2D eigenvalue weighted by Crippen LogP contribution is 2.20. The Hall–Kier alpha value is -1.12. The Balaban J connectivity index is 2.03. The van der Waals surface area contributed by atoms with E-state index in [1.807, 2.05) is 16.8 Å². The Morgan fingerprint density at radius 2 is 1.81 bits per heavy atom. The summed E-state index contributed by atoms with van der Waals surface area (Å²) >= 11 is 1.62. The van der Waals surface area contributed by atoms with E-state index < -0.39 is 0 Å². The van der Waals surface area contributed by atoms with Gasteiger partial charge in [0, 0.05) is 6.42 Å². The van der Waals surface area contributed by atoms with Gasteiger partial charge in [-0.25, -0.2) is 0 Å². The third-order valence-corrected chi connectivity index (χ3v) is 3.49. The first-order valence-corrected chi connectivity index (χ1v) is 6.52. The fourth-order valence-corrected chi connectivity index (χ4v) is 2.42. The van der Waals surface area contributed by atoms with Gasteiger partial charge in [-0.3, -0.25) is 0 Å². The average molecular weight is 232 g/mol.